The van der Waals surface area contributed by atoms with Gasteiger partial charge < -0.3 is 14.6 Å². The quantitative estimate of drug-likeness (QED) is 0.293. The SMILES string of the molecule is CCc1cc(C(=O)O)c2nccc(N3CCc4c(cc(Cn5ccnc5)cc4-c4cn(C)nc4C(F)(F)F)C3=O)c2c1. The Kier molecular flexibility index (Phi) is 6.55. The van der Waals surface area contributed by atoms with Crippen LogP contribution in [0.25, 0.3) is 22.0 Å². The third-order valence-electron chi connectivity index (χ3n) is 7.49. The fourth-order valence-electron chi connectivity index (χ4n) is 5.61. The van der Waals surface area contributed by atoms with Crippen LogP contribution < -0.4 is 4.90 Å². The zero-order valence-corrected chi connectivity index (χ0v) is 22.7. The normalized spacial score (nSPS) is 13.5. The van der Waals surface area contributed by atoms with E-state index in [0.29, 0.717) is 34.2 Å². The fourth-order valence-corrected chi connectivity index (χ4v) is 5.61. The number of aryl methyl sites for hydroxylation is 2. The largest absolute Gasteiger partial charge is 0.478 e. The van der Waals surface area contributed by atoms with E-state index in [1.165, 1.54) is 19.4 Å². The molecule has 6 rings (SSSR count). The zero-order chi connectivity index (χ0) is 29.8. The number of carboxylic acids is 1. The van der Waals surface area contributed by atoms with E-state index in [1.807, 2.05) is 13.0 Å². The number of imidazole rings is 1. The minimum Gasteiger partial charge on any atom is -0.478 e. The van der Waals surface area contributed by atoms with E-state index in [0.717, 1.165) is 10.2 Å². The molecular weight excluding hydrogens is 549 g/mol. The Morgan fingerprint density at radius 3 is 2.55 bits per heavy atom. The summed E-state index contributed by atoms with van der Waals surface area (Å²) in [7, 11) is 1.43. The Bertz CT molecular complexity index is 1860. The maximum Gasteiger partial charge on any atom is 0.435 e. The molecule has 0 unspecified atom stereocenters. The molecule has 1 aliphatic rings. The van der Waals surface area contributed by atoms with Crippen LogP contribution in [0.1, 0.15) is 50.0 Å². The summed E-state index contributed by atoms with van der Waals surface area (Å²) in [4.78, 5) is 36.1. The first-order valence-corrected chi connectivity index (χ1v) is 13.2. The number of halogens is 3. The van der Waals surface area contributed by atoms with Crippen molar-refractivity contribution in [2.45, 2.75) is 32.5 Å². The molecule has 0 spiro atoms. The first kappa shape index (κ1) is 27.2. The number of hydrogen-bond acceptors (Lipinski definition) is 5. The summed E-state index contributed by atoms with van der Waals surface area (Å²) in [5, 5.41) is 14.0. The summed E-state index contributed by atoms with van der Waals surface area (Å²) in [6.45, 7) is 2.37. The van der Waals surface area contributed by atoms with Crippen molar-refractivity contribution < 1.29 is 27.9 Å². The molecule has 0 atom stereocenters. The van der Waals surface area contributed by atoms with Gasteiger partial charge in [-0.05, 0) is 65.4 Å². The van der Waals surface area contributed by atoms with Crippen LogP contribution >= 0.6 is 0 Å². The number of amides is 1. The van der Waals surface area contributed by atoms with Crippen molar-refractivity contribution in [3.8, 4) is 11.1 Å². The number of aromatic carboxylic acids is 1. The van der Waals surface area contributed by atoms with Crippen LogP contribution in [0.4, 0.5) is 18.9 Å². The molecule has 9 nitrogen and oxygen atoms in total. The Labute approximate surface area is 237 Å². The van der Waals surface area contributed by atoms with Crippen molar-refractivity contribution in [3.63, 3.8) is 0 Å². The van der Waals surface area contributed by atoms with Gasteiger partial charge in [-0.2, -0.15) is 18.3 Å². The van der Waals surface area contributed by atoms with Crippen molar-refractivity contribution in [3.05, 3.63) is 95.0 Å². The van der Waals surface area contributed by atoms with Crippen molar-refractivity contribution >= 4 is 28.5 Å². The van der Waals surface area contributed by atoms with Crippen LogP contribution in [0.15, 0.2) is 61.4 Å². The number of pyridine rings is 1. The molecule has 0 saturated carbocycles. The topological polar surface area (TPSA) is 106 Å². The van der Waals surface area contributed by atoms with Gasteiger partial charge in [0.25, 0.3) is 5.91 Å². The van der Waals surface area contributed by atoms with Gasteiger partial charge in [-0.25, -0.2) is 9.78 Å². The molecule has 0 bridgehead atoms. The van der Waals surface area contributed by atoms with Crippen LogP contribution in [0, 0.1) is 0 Å². The third kappa shape index (κ3) is 4.68. The molecule has 0 aliphatic carbocycles. The molecule has 12 heteroatoms. The molecule has 2 aromatic carbocycles. The van der Waals surface area contributed by atoms with E-state index < -0.39 is 23.7 Å². The van der Waals surface area contributed by atoms with Crippen molar-refractivity contribution in [2.24, 2.45) is 7.05 Å². The molecule has 5 aromatic rings. The highest BCUT2D eigenvalue weighted by atomic mass is 19.4. The van der Waals surface area contributed by atoms with Gasteiger partial charge in [0.1, 0.15) is 0 Å². The summed E-state index contributed by atoms with van der Waals surface area (Å²) in [6, 6.07) is 8.47. The lowest BCUT2D eigenvalue weighted by molar-refractivity contribution is -0.141. The van der Waals surface area contributed by atoms with Gasteiger partial charge in [0, 0.05) is 61.4 Å². The van der Waals surface area contributed by atoms with Crippen molar-refractivity contribution in [1.82, 2.24) is 24.3 Å². The van der Waals surface area contributed by atoms with Gasteiger partial charge in [0.2, 0.25) is 0 Å². The third-order valence-corrected chi connectivity index (χ3v) is 7.49. The van der Waals surface area contributed by atoms with Crippen LogP contribution in [0.3, 0.4) is 0 Å². The molecular formula is C30H25F3N6O3. The number of aromatic nitrogens is 5. The molecule has 1 aliphatic heterocycles. The first-order valence-electron chi connectivity index (χ1n) is 13.2. The van der Waals surface area contributed by atoms with Gasteiger partial charge >= 0.3 is 12.1 Å². The van der Waals surface area contributed by atoms with Crippen LogP contribution in [0.2, 0.25) is 0 Å². The first-order chi connectivity index (χ1) is 20.0. The second-order valence-corrected chi connectivity index (χ2v) is 10.2. The van der Waals surface area contributed by atoms with E-state index in [-0.39, 0.29) is 41.7 Å². The summed E-state index contributed by atoms with van der Waals surface area (Å²) in [5.74, 6) is -1.52. The smallest absolute Gasteiger partial charge is 0.435 e. The minimum absolute atomic E-state index is 0.0391. The van der Waals surface area contributed by atoms with Gasteiger partial charge in [-0.3, -0.25) is 14.5 Å². The number of hydrogen-bond donors (Lipinski definition) is 1. The minimum atomic E-state index is -4.69. The molecule has 214 valence electrons. The number of anilines is 1. The molecule has 4 heterocycles. The molecule has 0 saturated heterocycles. The van der Waals surface area contributed by atoms with Crippen LogP contribution in [-0.4, -0.2) is 47.8 Å². The van der Waals surface area contributed by atoms with Crippen molar-refractivity contribution in [1.29, 1.82) is 0 Å². The number of alkyl halides is 3. The Hall–Kier alpha value is -5.00. The zero-order valence-electron chi connectivity index (χ0n) is 22.7. The Morgan fingerprint density at radius 1 is 1.07 bits per heavy atom. The number of fused-ring (bicyclic) bond motifs is 2. The second kappa shape index (κ2) is 10.1. The summed E-state index contributed by atoms with van der Waals surface area (Å²) < 4.78 is 45.0. The highest BCUT2D eigenvalue weighted by Crippen LogP contribution is 2.41. The van der Waals surface area contributed by atoms with Crippen LogP contribution in [0.5, 0.6) is 0 Å². The molecule has 0 radical (unpaired) electrons. The van der Waals surface area contributed by atoms with Gasteiger partial charge in [-0.1, -0.05) is 6.92 Å². The van der Waals surface area contributed by atoms with E-state index in [4.69, 9.17) is 0 Å². The lowest BCUT2D eigenvalue weighted by atomic mass is 9.87. The van der Waals surface area contributed by atoms with Crippen molar-refractivity contribution in [2.75, 3.05) is 11.4 Å². The van der Waals surface area contributed by atoms with Gasteiger partial charge in [0.15, 0.2) is 5.69 Å². The summed E-state index contributed by atoms with van der Waals surface area (Å²) >= 11 is 0. The average molecular weight is 575 g/mol. The molecule has 3 aromatic heterocycles. The lowest BCUT2D eigenvalue weighted by Crippen LogP contribution is -2.38. The Balaban J connectivity index is 1.53. The second-order valence-electron chi connectivity index (χ2n) is 10.2. The number of carboxylic acid groups (broad SMARTS) is 1. The van der Waals surface area contributed by atoms with E-state index in [1.54, 1.807) is 52.5 Å². The van der Waals surface area contributed by atoms with E-state index in [2.05, 4.69) is 15.1 Å². The lowest BCUT2D eigenvalue weighted by Gasteiger charge is -2.31. The van der Waals surface area contributed by atoms with Gasteiger partial charge in [-0.15, -0.1) is 0 Å². The molecule has 42 heavy (non-hydrogen) atoms. The van der Waals surface area contributed by atoms with E-state index in [9.17, 15) is 27.9 Å². The Morgan fingerprint density at radius 2 is 1.86 bits per heavy atom. The highest BCUT2D eigenvalue weighted by Gasteiger charge is 2.39. The molecule has 1 amide bonds. The maximum atomic E-state index is 14.2. The number of rotatable bonds is 6. The average Bonchev–Trinajstić information content (AvgIpc) is 3.61. The number of nitrogens with zero attached hydrogens (tertiary/aromatic N) is 6. The number of carbonyl (C=O) groups excluding carboxylic acids is 1. The summed E-state index contributed by atoms with van der Waals surface area (Å²) in [6.07, 6.45) is 3.87. The number of benzene rings is 2. The maximum absolute atomic E-state index is 14.2. The van der Waals surface area contributed by atoms with Crippen LogP contribution in [-0.2, 0) is 32.6 Å². The van der Waals surface area contributed by atoms with Gasteiger partial charge in [0.05, 0.1) is 23.1 Å². The fraction of sp³-hybridized carbons (Fsp3) is 0.233. The van der Waals surface area contributed by atoms with E-state index >= 15 is 0 Å². The molecule has 1 N–H and O–H groups in total. The number of carbonyl (C=O) groups is 2. The monoisotopic (exact) mass is 574 g/mol. The standard InChI is InChI=1S/C30H25F3N6O3/c1-3-17-10-22-25(4-6-35-26(22)23(11-17)29(41)42)39-8-5-19-20(24-15-37(2)36-27(24)30(31,32)33)12-18(13-21(19)28(39)40)14-38-9-7-34-16-38/h4,6-7,9-13,15-16H,3,5,8,14H2,1-2H3,(H,41,42). The predicted octanol–water partition coefficient (Wildman–Crippen LogP) is 5.36. The molecule has 0 fully saturated rings. The highest BCUT2D eigenvalue weighted by molar-refractivity contribution is 6.14. The predicted molar refractivity (Wildman–Crippen MR) is 148 cm³/mol. The summed E-state index contributed by atoms with van der Waals surface area (Å²) in [5.41, 5.74) is 2.16.